The normalized spacial score (nSPS) is 14.7. The van der Waals surface area contributed by atoms with Gasteiger partial charge in [0.25, 0.3) is 5.91 Å². The Labute approximate surface area is 263 Å². The van der Waals surface area contributed by atoms with Gasteiger partial charge in [-0.25, -0.2) is 10.2 Å². The zero-order valence-electron chi connectivity index (χ0n) is 23.4. The lowest BCUT2D eigenvalue weighted by Gasteiger charge is -2.30. The summed E-state index contributed by atoms with van der Waals surface area (Å²) in [4.78, 5) is 25.2. The summed E-state index contributed by atoms with van der Waals surface area (Å²) in [6, 6.07) is 20.4. The van der Waals surface area contributed by atoms with Crippen molar-refractivity contribution < 1.29 is 23.8 Å². The average Bonchev–Trinajstić information content (AvgIpc) is 2.96. The summed E-state index contributed by atoms with van der Waals surface area (Å²) in [5.74, 6) is 0.277. The molecule has 1 atom stereocenters. The van der Waals surface area contributed by atoms with Gasteiger partial charge in [0.2, 0.25) is 0 Å². The number of rotatable bonds is 11. The number of benzene rings is 3. The Morgan fingerprint density at radius 2 is 1.81 bits per heavy atom. The molecule has 3 aromatic carbocycles. The second-order valence-corrected chi connectivity index (χ2v) is 10.9. The number of aryl methyl sites for hydroxylation is 1. The van der Waals surface area contributed by atoms with Gasteiger partial charge in [0, 0.05) is 11.3 Å². The van der Waals surface area contributed by atoms with E-state index in [0.29, 0.717) is 34.3 Å². The summed E-state index contributed by atoms with van der Waals surface area (Å²) in [5, 5.41) is 10.5. The summed E-state index contributed by atoms with van der Waals surface area (Å²) in [5.41, 5.74) is 7.20. The van der Waals surface area contributed by atoms with Crippen molar-refractivity contribution in [1.82, 2.24) is 16.1 Å². The number of thiocarbonyl (C=S) groups is 1. The average molecular weight is 699 g/mol. The van der Waals surface area contributed by atoms with Gasteiger partial charge < -0.3 is 24.8 Å². The Balaban J connectivity index is 1.34. The van der Waals surface area contributed by atoms with E-state index in [-0.39, 0.29) is 13.2 Å². The van der Waals surface area contributed by atoms with Gasteiger partial charge in [0.05, 0.1) is 28.0 Å². The van der Waals surface area contributed by atoms with E-state index in [1.165, 1.54) is 5.56 Å². The molecule has 3 aromatic rings. The number of carbonyl (C=O) groups excluding carboxylic acids is 2. The van der Waals surface area contributed by atoms with Gasteiger partial charge in [0.15, 0.2) is 11.7 Å². The quantitative estimate of drug-likeness (QED) is 0.0839. The molecule has 4 rings (SSSR count). The fraction of sp³-hybridized carbons (Fsp3) is 0.226. The Morgan fingerprint density at radius 1 is 1.05 bits per heavy atom. The van der Waals surface area contributed by atoms with Gasteiger partial charge in [-0.2, -0.15) is 5.10 Å². The molecule has 1 aliphatic heterocycles. The molecule has 9 nitrogen and oxygen atoms in total. The first-order chi connectivity index (χ1) is 20.2. The predicted octanol–water partition coefficient (Wildman–Crippen LogP) is 5.06. The number of hydrazone groups is 1. The summed E-state index contributed by atoms with van der Waals surface area (Å²) in [6.07, 6.45) is 1.55. The second kappa shape index (κ2) is 14.8. The monoisotopic (exact) mass is 698 g/mol. The molecule has 1 heterocycles. The number of hydrogen-bond donors (Lipinski definition) is 3. The lowest BCUT2D eigenvalue weighted by atomic mass is 9.95. The van der Waals surface area contributed by atoms with Gasteiger partial charge in [-0.3, -0.25) is 4.79 Å². The van der Waals surface area contributed by atoms with E-state index in [1.807, 2.05) is 36.4 Å². The summed E-state index contributed by atoms with van der Waals surface area (Å²) < 4.78 is 18.0. The van der Waals surface area contributed by atoms with Crippen molar-refractivity contribution in [1.29, 1.82) is 0 Å². The van der Waals surface area contributed by atoms with Crippen LogP contribution >= 0.6 is 34.8 Å². The van der Waals surface area contributed by atoms with E-state index in [9.17, 15) is 9.59 Å². The van der Waals surface area contributed by atoms with Crippen LogP contribution in [-0.4, -0.2) is 36.4 Å². The molecule has 0 saturated carbocycles. The molecule has 0 bridgehead atoms. The van der Waals surface area contributed by atoms with Crippen molar-refractivity contribution in [3.63, 3.8) is 0 Å². The molecule has 0 unspecified atom stereocenters. The minimum atomic E-state index is -0.610. The lowest BCUT2D eigenvalue weighted by Crippen LogP contribution is -2.45. The van der Waals surface area contributed by atoms with Gasteiger partial charge in [-0.05, 0) is 91.0 Å². The van der Waals surface area contributed by atoms with Gasteiger partial charge in [0.1, 0.15) is 18.1 Å². The molecule has 0 fully saturated rings. The van der Waals surface area contributed by atoms with Crippen molar-refractivity contribution in [2.24, 2.45) is 5.10 Å². The van der Waals surface area contributed by atoms with Crippen LogP contribution in [0.25, 0.3) is 0 Å². The summed E-state index contributed by atoms with van der Waals surface area (Å²) in [6.45, 7) is 5.97. The number of esters is 1. The van der Waals surface area contributed by atoms with Crippen LogP contribution in [0.1, 0.15) is 42.1 Å². The Kier molecular flexibility index (Phi) is 10.9. The first-order valence-electron chi connectivity index (χ1n) is 13.2. The Bertz CT molecular complexity index is 1520. The zero-order valence-corrected chi connectivity index (χ0v) is 26.4. The maximum absolute atomic E-state index is 12.7. The highest BCUT2D eigenvalue weighted by molar-refractivity contribution is 14.1. The second-order valence-electron chi connectivity index (χ2n) is 9.37. The van der Waals surface area contributed by atoms with E-state index < -0.39 is 17.9 Å². The van der Waals surface area contributed by atoms with Crippen LogP contribution in [0, 0.1) is 10.5 Å². The highest BCUT2D eigenvalue weighted by Crippen LogP contribution is 2.33. The van der Waals surface area contributed by atoms with Crippen LogP contribution in [0.15, 0.2) is 83.1 Å². The molecule has 0 spiro atoms. The highest BCUT2D eigenvalue weighted by atomic mass is 127. The first-order valence-corrected chi connectivity index (χ1v) is 14.7. The molecule has 11 heteroatoms. The topological polar surface area (TPSA) is 110 Å². The van der Waals surface area contributed by atoms with E-state index in [2.05, 4.69) is 62.8 Å². The Morgan fingerprint density at radius 3 is 2.55 bits per heavy atom. The van der Waals surface area contributed by atoms with Crippen LogP contribution in [0.2, 0.25) is 0 Å². The van der Waals surface area contributed by atoms with Gasteiger partial charge >= 0.3 is 5.97 Å². The number of nitrogens with zero attached hydrogens (tertiary/aromatic N) is 1. The van der Waals surface area contributed by atoms with Crippen molar-refractivity contribution in [3.05, 3.63) is 104 Å². The molecule has 0 radical (unpaired) electrons. The number of nitrogens with one attached hydrogen (secondary N) is 3. The van der Waals surface area contributed by atoms with Crippen molar-refractivity contribution in [3.8, 4) is 11.5 Å². The lowest BCUT2D eigenvalue weighted by molar-refractivity contribution is -0.139. The SMILES string of the molecule is CCOC(=O)C1=C(C)NC(=S)N[C@H]1c1ccccc1OCC(=O)NN=Cc1ccc(OCc2ccc(C)cc2)c(I)c1. The fourth-order valence-electron chi connectivity index (χ4n) is 4.17. The highest BCUT2D eigenvalue weighted by Gasteiger charge is 2.32. The third-order valence-corrected chi connectivity index (χ3v) is 7.29. The molecule has 1 aliphatic rings. The zero-order chi connectivity index (χ0) is 30.1. The van der Waals surface area contributed by atoms with Crippen LogP contribution in [-0.2, 0) is 20.9 Å². The Hall–Kier alpha value is -3.97. The number of carbonyl (C=O) groups is 2. The standard InChI is InChI=1S/C31H31IN4O5S/c1-4-39-30(38)28-20(3)34-31(42)35-29(28)23-7-5-6-8-25(23)41-18-27(37)36-33-16-22-13-14-26(24(32)15-22)40-17-21-11-9-19(2)10-12-21/h5-16,29H,4,17-18H2,1-3H3,(H,36,37)(H2,34,35,42)/t29-/m0/s1. The largest absolute Gasteiger partial charge is 0.488 e. The van der Waals surface area contributed by atoms with Crippen molar-refractivity contribution >= 4 is 58.0 Å². The summed E-state index contributed by atoms with van der Waals surface area (Å²) >= 11 is 7.53. The molecule has 0 saturated heterocycles. The number of amides is 1. The predicted molar refractivity (Wildman–Crippen MR) is 173 cm³/mol. The fourth-order valence-corrected chi connectivity index (χ4v) is 5.14. The van der Waals surface area contributed by atoms with E-state index in [4.69, 9.17) is 26.4 Å². The minimum absolute atomic E-state index is 0.233. The molecule has 0 aliphatic carbocycles. The molecule has 0 aromatic heterocycles. The third kappa shape index (κ3) is 8.29. The third-order valence-electron chi connectivity index (χ3n) is 6.23. The maximum atomic E-state index is 12.7. The number of allylic oxidation sites excluding steroid dienone is 1. The van der Waals surface area contributed by atoms with Crippen LogP contribution < -0.4 is 25.5 Å². The number of halogens is 1. The molecular formula is C31H31IN4O5S. The van der Waals surface area contributed by atoms with E-state index in [1.54, 1.807) is 38.3 Å². The minimum Gasteiger partial charge on any atom is -0.488 e. The molecular weight excluding hydrogens is 667 g/mol. The van der Waals surface area contributed by atoms with Crippen molar-refractivity contribution in [2.75, 3.05) is 13.2 Å². The molecule has 42 heavy (non-hydrogen) atoms. The van der Waals surface area contributed by atoms with Gasteiger partial charge in [-0.15, -0.1) is 0 Å². The molecule has 218 valence electrons. The van der Waals surface area contributed by atoms with Gasteiger partial charge in [-0.1, -0.05) is 48.0 Å². The molecule has 1 amide bonds. The van der Waals surface area contributed by atoms with E-state index >= 15 is 0 Å². The smallest absolute Gasteiger partial charge is 0.338 e. The number of para-hydroxylation sites is 1. The van der Waals surface area contributed by atoms with Crippen LogP contribution in [0.4, 0.5) is 0 Å². The first kappa shape index (κ1) is 31.0. The van der Waals surface area contributed by atoms with E-state index in [0.717, 1.165) is 20.4 Å². The van der Waals surface area contributed by atoms with Crippen LogP contribution in [0.3, 0.4) is 0 Å². The number of ether oxygens (including phenoxy) is 3. The summed E-state index contributed by atoms with van der Waals surface area (Å²) in [7, 11) is 0. The maximum Gasteiger partial charge on any atom is 0.338 e. The number of hydrogen-bond acceptors (Lipinski definition) is 7. The molecule has 3 N–H and O–H groups in total. The van der Waals surface area contributed by atoms with Crippen molar-refractivity contribution in [2.45, 2.75) is 33.4 Å². The van der Waals surface area contributed by atoms with Crippen LogP contribution in [0.5, 0.6) is 11.5 Å².